The van der Waals surface area contributed by atoms with Gasteiger partial charge in [-0.3, -0.25) is 4.79 Å². The van der Waals surface area contributed by atoms with Crippen LogP contribution in [0.15, 0.2) is 48.5 Å². The number of benzene rings is 2. The van der Waals surface area contributed by atoms with E-state index in [0.717, 1.165) is 23.0 Å². The molecule has 0 heterocycles. The summed E-state index contributed by atoms with van der Waals surface area (Å²) in [5, 5.41) is 9.41. The van der Waals surface area contributed by atoms with E-state index in [0.29, 0.717) is 5.56 Å². The van der Waals surface area contributed by atoms with Gasteiger partial charge in [-0.15, -0.1) is 0 Å². The van der Waals surface area contributed by atoms with Crippen LogP contribution in [0.1, 0.15) is 40.1 Å². The van der Waals surface area contributed by atoms with Crippen LogP contribution >= 0.6 is 0 Å². The molecular weight excluding hydrogens is 236 g/mol. The second-order valence-corrected chi connectivity index (χ2v) is 4.29. The first kappa shape index (κ1) is 13.1. The summed E-state index contributed by atoms with van der Waals surface area (Å²) in [5.74, 6) is 6.08. The third kappa shape index (κ3) is 3.54. The standard InChI is InChI=1S/C17H14O2/c1-13(19)17-10-8-15(9-11-17)3-2-14-4-6-16(12-18)7-5-14/h4-13,19H,1H3/t13-/m1/s1. The molecule has 0 aromatic heterocycles. The van der Waals surface area contributed by atoms with Crippen molar-refractivity contribution in [2.24, 2.45) is 0 Å². The summed E-state index contributed by atoms with van der Waals surface area (Å²) < 4.78 is 0. The summed E-state index contributed by atoms with van der Waals surface area (Å²) in [6.07, 6.45) is 0.351. The van der Waals surface area contributed by atoms with Crippen molar-refractivity contribution >= 4 is 6.29 Å². The molecule has 0 saturated heterocycles. The Morgan fingerprint density at radius 3 is 1.84 bits per heavy atom. The minimum Gasteiger partial charge on any atom is -0.389 e. The van der Waals surface area contributed by atoms with Crippen LogP contribution in [0.25, 0.3) is 0 Å². The molecule has 2 rings (SSSR count). The summed E-state index contributed by atoms with van der Waals surface area (Å²) in [4.78, 5) is 10.5. The molecule has 1 N–H and O–H groups in total. The Morgan fingerprint density at radius 2 is 1.42 bits per heavy atom. The molecule has 0 radical (unpaired) electrons. The van der Waals surface area contributed by atoms with E-state index in [1.807, 2.05) is 36.4 Å². The smallest absolute Gasteiger partial charge is 0.150 e. The highest BCUT2D eigenvalue weighted by atomic mass is 16.3. The molecule has 2 aromatic rings. The fraction of sp³-hybridized carbons (Fsp3) is 0.118. The van der Waals surface area contributed by atoms with E-state index < -0.39 is 6.10 Å². The quantitative estimate of drug-likeness (QED) is 0.657. The third-order valence-corrected chi connectivity index (χ3v) is 2.79. The van der Waals surface area contributed by atoms with Crippen LogP contribution in [0.5, 0.6) is 0 Å². The molecule has 0 aliphatic heterocycles. The van der Waals surface area contributed by atoms with E-state index in [9.17, 15) is 9.90 Å². The van der Waals surface area contributed by atoms with Gasteiger partial charge < -0.3 is 5.11 Å². The van der Waals surface area contributed by atoms with Crippen molar-refractivity contribution < 1.29 is 9.90 Å². The van der Waals surface area contributed by atoms with E-state index in [2.05, 4.69) is 11.8 Å². The second-order valence-electron chi connectivity index (χ2n) is 4.29. The average Bonchev–Trinajstić information content (AvgIpc) is 2.46. The van der Waals surface area contributed by atoms with Crippen molar-refractivity contribution in [1.82, 2.24) is 0 Å². The number of carbonyl (C=O) groups is 1. The summed E-state index contributed by atoms with van der Waals surface area (Å²) in [6.45, 7) is 1.73. The molecule has 0 aliphatic rings. The molecule has 2 nitrogen and oxygen atoms in total. The number of aldehydes is 1. The van der Waals surface area contributed by atoms with Gasteiger partial charge in [0.1, 0.15) is 6.29 Å². The molecule has 0 fully saturated rings. The van der Waals surface area contributed by atoms with Crippen molar-refractivity contribution in [3.63, 3.8) is 0 Å². The fourth-order valence-electron chi connectivity index (χ4n) is 1.63. The minimum atomic E-state index is -0.460. The first-order chi connectivity index (χ1) is 9.19. The Labute approximate surface area is 112 Å². The maximum absolute atomic E-state index is 10.5. The predicted molar refractivity (Wildman–Crippen MR) is 74.9 cm³/mol. The van der Waals surface area contributed by atoms with E-state index >= 15 is 0 Å². The number of aliphatic hydroxyl groups excluding tert-OH is 1. The van der Waals surface area contributed by atoms with Gasteiger partial charge in [0.05, 0.1) is 6.10 Å². The van der Waals surface area contributed by atoms with Crippen molar-refractivity contribution in [1.29, 1.82) is 0 Å². The summed E-state index contributed by atoms with van der Waals surface area (Å²) >= 11 is 0. The zero-order valence-corrected chi connectivity index (χ0v) is 10.6. The summed E-state index contributed by atoms with van der Waals surface area (Å²) in [5.41, 5.74) is 3.28. The van der Waals surface area contributed by atoms with Gasteiger partial charge in [-0.1, -0.05) is 36.1 Å². The molecule has 2 heteroatoms. The number of hydrogen-bond acceptors (Lipinski definition) is 2. The van der Waals surface area contributed by atoms with Crippen LogP contribution in [0, 0.1) is 11.8 Å². The average molecular weight is 250 g/mol. The van der Waals surface area contributed by atoms with Crippen LogP contribution in [0.2, 0.25) is 0 Å². The monoisotopic (exact) mass is 250 g/mol. The van der Waals surface area contributed by atoms with Crippen molar-refractivity contribution in [2.75, 3.05) is 0 Å². The van der Waals surface area contributed by atoms with Gasteiger partial charge in [-0.2, -0.15) is 0 Å². The van der Waals surface area contributed by atoms with Gasteiger partial charge in [0.2, 0.25) is 0 Å². The van der Waals surface area contributed by atoms with E-state index in [1.54, 1.807) is 19.1 Å². The van der Waals surface area contributed by atoms with E-state index in [1.165, 1.54) is 0 Å². The molecule has 94 valence electrons. The van der Waals surface area contributed by atoms with Crippen molar-refractivity contribution in [3.8, 4) is 11.8 Å². The predicted octanol–water partition coefficient (Wildman–Crippen LogP) is 2.95. The number of carbonyl (C=O) groups excluding carboxylic acids is 1. The van der Waals surface area contributed by atoms with Crippen LogP contribution < -0.4 is 0 Å². The SMILES string of the molecule is C[C@@H](O)c1ccc(C#Cc2ccc(C=O)cc2)cc1. The Kier molecular flexibility index (Phi) is 4.12. The van der Waals surface area contributed by atoms with Crippen molar-refractivity contribution in [2.45, 2.75) is 13.0 Å². The molecule has 0 bridgehead atoms. The zero-order chi connectivity index (χ0) is 13.7. The highest BCUT2D eigenvalue weighted by Gasteiger charge is 1.98. The number of rotatable bonds is 2. The highest BCUT2D eigenvalue weighted by molar-refractivity contribution is 5.74. The van der Waals surface area contributed by atoms with Crippen molar-refractivity contribution in [3.05, 3.63) is 70.8 Å². The van der Waals surface area contributed by atoms with Gasteiger partial charge in [0.25, 0.3) is 0 Å². The lowest BCUT2D eigenvalue weighted by Gasteiger charge is -2.02. The summed E-state index contributed by atoms with van der Waals surface area (Å²) in [6, 6.07) is 14.6. The first-order valence-electron chi connectivity index (χ1n) is 6.04. The molecule has 0 saturated carbocycles. The minimum absolute atomic E-state index is 0.460. The van der Waals surface area contributed by atoms with Crippen LogP contribution in [-0.2, 0) is 0 Å². The summed E-state index contributed by atoms with van der Waals surface area (Å²) in [7, 11) is 0. The molecule has 2 aromatic carbocycles. The lowest BCUT2D eigenvalue weighted by molar-refractivity contribution is 0.112. The van der Waals surface area contributed by atoms with E-state index in [-0.39, 0.29) is 0 Å². The lowest BCUT2D eigenvalue weighted by atomic mass is 10.1. The fourth-order valence-corrected chi connectivity index (χ4v) is 1.63. The zero-order valence-electron chi connectivity index (χ0n) is 10.6. The van der Waals surface area contributed by atoms with Crippen LogP contribution in [-0.4, -0.2) is 11.4 Å². The maximum atomic E-state index is 10.5. The molecule has 0 aliphatic carbocycles. The Hall–Kier alpha value is -2.37. The maximum Gasteiger partial charge on any atom is 0.150 e. The largest absolute Gasteiger partial charge is 0.389 e. The van der Waals surface area contributed by atoms with Gasteiger partial charge >= 0.3 is 0 Å². The van der Waals surface area contributed by atoms with Crippen LogP contribution in [0.4, 0.5) is 0 Å². The molecule has 1 atom stereocenters. The molecule has 0 spiro atoms. The van der Waals surface area contributed by atoms with Crippen LogP contribution in [0.3, 0.4) is 0 Å². The van der Waals surface area contributed by atoms with Gasteiger partial charge in [0, 0.05) is 16.7 Å². The Balaban J connectivity index is 2.16. The normalized spacial score (nSPS) is 11.3. The van der Waals surface area contributed by atoms with Gasteiger partial charge in [-0.05, 0) is 36.8 Å². The van der Waals surface area contributed by atoms with E-state index in [4.69, 9.17) is 0 Å². The molecule has 19 heavy (non-hydrogen) atoms. The molecule has 0 unspecified atom stereocenters. The van der Waals surface area contributed by atoms with Gasteiger partial charge in [0.15, 0.2) is 0 Å². The second kappa shape index (κ2) is 5.99. The topological polar surface area (TPSA) is 37.3 Å². The third-order valence-electron chi connectivity index (χ3n) is 2.79. The molecular formula is C17H14O2. The Bertz CT molecular complexity index is 611. The highest BCUT2D eigenvalue weighted by Crippen LogP contribution is 2.12. The lowest BCUT2D eigenvalue weighted by Crippen LogP contribution is -1.89. The van der Waals surface area contributed by atoms with Gasteiger partial charge in [-0.25, -0.2) is 0 Å². The molecule has 0 amide bonds. The number of hydrogen-bond donors (Lipinski definition) is 1. The first-order valence-corrected chi connectivity index (χ1v) is 6.04. The number of aliphatic hydroxyl groups is 1. The Morgan fingerprint density at radius 1 is 0.947 bits per heavy atom.